The van der Waals surface area contributed by atoms with Gasteiger partial charge in [0.2, 0.25) is 0 Å². The first-order chi connectivity index (χ1) is 16.0. The second kappa shape index (κ2) is 8.01. The number of allylic oxidation sites excluding steroid dienone is 1. The van der Waals surface area contributed by atoms with E-state index < -0.39 is 17.1 Å². The number of aliphatic hydroxyl groups is 3. The highest BCUT2D eigenvalue weighted by Crippen LogP contribution is 2.68. The molecule has 3 fully saturated rings. The second-order valence-electron chi connectivity index (χ2n) is 12.4. The Morgan fingerprint density at radius 3 is 2.53 bits per heavy atom. The van der Waals surface area contributed by atoms with Crippen molar-refractivity contribution in [2.24, 2.45) is 40.4 Å². The van der Waals surface area contributed by atoms with Crippen molar-refractivity contribution in [3.05, 3.63) is 23.3 Å². The number of fused-ring (bicyclic) bond motifs is 5. The molecule has 6 heteroatoms. The number of cyclic esters (lactones) is 1. The van der Waals surface area contributed by atoms with Crippen LogP contribution in [0.1, 0.15) is 72.6 Å². The van der Waals surface area contributed by atoms with E-state index in [2.05, 4.69) is 13.8 Å². The van der Waals surface area contributed by atoms with Crippen LogP contribution < -0.4 is 0 Å². The van der Waals surface area contributed by atoms with Crippen LogP contribution >= 0.6 is 0 Å². The van der Waals surface area contributed by atoms with Crippen molar-refractivity contribution in [3.8, 4) is 0 Å². The van der Waals surface area contributed by atoms with E-state index in [4.69, 9.17) is 4.74 Å². The molecular weight excluding hydrogens is 432 g/mol. The quantitative estimate of drug-likeness (QED) is 0.545. The fraction of sp³-hybridized carbons (Fsp3) is 0.786. The summed E-state index contributed by atoms with van der Waals surface area (Å²) in [4.78, 5) is 25.6. The van der Waals surface area contributed by atoms with Crippen LogP contribution in [0.2, 0.25) is 0 Å². The normalized spacial score (nSPS) is 49.3. The number of carbonyl (C=O) groups is 2. The first-order valence-electron chi connectivity index (χ1n) is 13.1. The third-order valence-electron chi connectivity index (χ3n) is 11.3. The zero-order valence-electron chi connectivity index (χ0n) is 20.9. The summed E-state index contributed by atoms with van der Waals surface area (Å²) >= 11 is 0. The van der Waals surface area contributed by atoms with Crippen LogP contribution in [-0.2, 0) is 14.3 Å². The highest BCUT2D eigenvalue weighted by molar-refractivity contribution is 5.97. The average Bonchev–Trinajstić information content (AvgIpc) is 3.15. The Bertz CT molecular complexity index is 953. The highest BCUT2D eigenvalue weighted by Gasteiger charge is 2.68. The Labute approximate surface area is 202 Å². The molecule has 0 amide bonds. The van der Waals surface area contributed by atoms with Crippen molar-refractivity contribution in [1.29, 1.82) is 0 Å². The molecular formula is C28H40O6. The first kappa shape index (κ1) is 24.2. The van der Waals surface area contributed by atoms with E-state index in [0.717, 1.165) is 37.7 Å². The Balaban J connectivity index is 1.40. The van der Waals surface area contributed by atoms with Gasteiger partial charge in [-0.25, -0.2) is 4.79 Å². The molecule has 0 aromatic carbocycles. The molecule has 9 unspecified atom stereocenters. The molecule has 6 nitrogen and oxygen atoms in total. The van der Waals surface area contributed by atoms with E-state index in [0.29, 0.717) is 36.2 Å². The Morgan fingerprint density at radius 2 is 1.85 bits per heavy atom. The first-order valence-corrected chi connectivity index (χ1v) is 13.1. The van der Waals surface area contributed by atoms with E-state index in [-0.39, 0.29) is 41.7 Å². The van der Waals surface area contributed by atoms with Gasteiger partial charge in [-0.1, -0.05) is 19.4 Å². The maximum absolute atomic E-state index is 13.2. The zero-order chi connectivity index (χ0) is 24.6. The van der Waals surface area contributed by atoms with Crippen molar-refractivity contribution in [2.75, 3.05) is 6.61 Å². The van der Waals surface area contributed by atoms with Gasteiger partial charge < -0.3 is 20.1 Å². The number of aliphatic hydroxyl groups excluding tert-OH is 2. The molecule has 3 N–H and O–H groups in total. The Hall–Kier alpha value is -1.50. The fourth-order valence-corrected chi connectivity index (χ4v) is 9.24. The Morgan fingerprint density at radius 1 is 1.12 bits per heavy atom. The van der Waals surface area contributed by atoms with Crippen LogP contribution in [0.15, 0.2) is 23.3 Å². The SMILES string of the molecule is CC1=C(CO)C(=O)OC([C@@H](C)C2CCC3C4CCC5(O)C(O)C=CC(=O)C5(C)C4CCC32C)C1. The number of hydrogen-bond donors (Lipinski definition) is 3. The molecule has 0 radical (unpaired) electrons. The maximum Gasteiger partial charge on any atom is 0.336 e. The second-order valence-corrected chi connectivity index (χ2v) is 12.4. The average molecular weight is 473 g/mol. The predicted octanol–water partition coefficient (Wildman–Crippen LogP) is 3.34. The maximum atomic E-state index is 13.2. The van der Waals surface area contributed by atoms with Gasteiger partial charge in [-0.2, -0.15) is 0 Å². The summed E-state index contributed by atoms with van der Waals surface area (Å²) in [6.45, 7) is 8.16. The van der Waals surface area contributed by atoms with Crippen LogP contribution in [-0.4, -0.2) is 51.5 Å². The standard InChI is InChI=1S/C28H40O6/c1-15-13-22(34-25(32)18(15)14-29)16(2)19-5-6-20-17-9-12-28(33)24(31)8-7-23(30)27(28,4)21(17)10-11-26(19,20)3/h7-8,16-17,19-22,24,29,31,33H,5-6,9-14H2,1-4H3/t16-,17?,19?,20?,21?,22?,24?,26?,27?,28?/m0/s1. The number of hydrogen-bond acceptors (Lipinski definition) is 6. The van der Waals surface area contributed by atoms with E-state index in [1.165, 1.54) is 12.2 Å². The predicted molar refractivity (Wildman–Crippen MR) is 126 cm³/mol. The van der Waals surface area contributed by atoms with Crippen molar-refractivity contribution in [1.82, 2.24) is 0 Å². The minimum Gasteiger partial charge on any atom is -0.458 e. The Kier molecular flexibility index (Phi) is 5.70. The molecule has 1 heterocycles. The summed E-state index contributed by atoms with van der Waals surface area (Å²) in [6.07, 6.45) is 7.75. The molecule has 3 saturated carbocycles. The van der Waals surface area contributed by atoms with E-state index >= 15 is 0 Å². The van der Waals surface area contributed by atoms with Gasteiger partial charge in [-0.3, -0.25) is 4.79 Å². The number of ether oxygens (including phenoxy) is 1. The van der Waals surface area contributed by atoms with Crippen LogP contribution in [0.25, 0.3) is 0 Å². The van der Waals surface area contributed by atoms with Crippen molar-refractivity contribution in [2.45, 2.75) is 90.4 Å². The van der Waals surface area contributed by atoms with E-state index in [9.17, 15) is 24.9 Å². The van der Waals surface area contributed by atoms with E-state index in [1.54, 1.807) is 0 Å². The molecule has 34 heavy (non-hydrogen) atoms. The van der Waals surface area contributed by atoms with Gasteiger partial charge in [0, 0.05) is 6.42 Å². The minimum atomic E-state index is -1.39. The molecule has 4 aliphatic carbocycles. The molecule has 5 rings (SSSR count). The lowest BCUT2D eigenvalue weighted by atomic mass is 9.43. The summed E-state index contributed by atoms with van der Waals surface area (Å²) in [7, 11) is 0. The topological polar surface area (TPSA) is 104 Å². The van der Waals surface area contributed by atoms with Gasteiger partial charge >= 0.3 is 5.97 Å². The number of rotatable bonds is 3. The van der Waals surface area contributed by atoms with E-state index in [1.807, 2.05) is 13.8 Å². The lowest BCUT2D eigenvalue weighted by Crippen LogP contribution is -2.68. The zero-order valence-corrected chi connectivity index (χ0v) is 20.9. The van der Waals surface area contributed by atoms with Gasteiger partial charge in [0.1, 0.15) is 17.8 Å². The molecule has 1 aliphatic heterocycles. The van der Waals surface area contributed by atoms with Gasteiger partial charge in [0.25, 0.3) is 0 Å². The van der Waals surface area contributed by atoms with Crippen LogP contribution in [0.4, 0.5) is 0 Å². The minimum absolute atomic E-state index is 0.0439. The number of carbonyl (C=O) groups excluding carboxylic acids is 2. The largest absolute Gasteiger partial charge is 0.458 e. The van der Waals surface area contributed by atoms with Gasteiger partial charge in [0.15, 0.2) is 5.78 Å². The lowest BCUT2D eigenvalue weighted by molar-refractivity contribution is -0.217. The summed E-state index contributed by atoms with van der Waals surface area (Å²) in [6, 6.07) is 0. The molecule has 5 aliphatic rings. The summed E-state index contributed by atoms with van der Waals surface area (Å²) in [5.74, 6) is 1.07. The number of ketones is 1. The van der Waals surface area contributed by atoms with Gasteiger partial charge in [-0.05, 0) is 99.5 Å². The van der Waals surface area contributed by atoms with Crippen LogP contribution in [0.5, 0.6) is 0 Å². The molecule has 0 spiro atoms. The monoisotopic (exact) mass is 472 g/mol. The molecule has 0 bridgehead atoms. The lowest BCUT2D eigenvalue weighted by Gasteiger charge is -2.62. The van der Waals surface area contributed by atoms with Gasteiger partial charge in [-0.15, -0.1) is 0 Å². The van der Waals surface area contributed by atoms with Gasteiger partial charge in [0.05, 0.1) is 17.6 Å². The third kappa shape index (κ3) is 3.04. The molecule has 0 aromatic heterocycles. The third-order valence-corrected chi connectivity index (χ3v) is 11.3. The van der Waals surface area contributed by atoms with Crippen LogP contribution in [0.3, 0.4) is 0 Å². The fourth-order valence-electron chi connectivity index (χ4n) is 9.24. The summed E-state index contributed by atoms with van der Waals surface area (Å²) in [5.41, 5.74) is -0.906. The molecule has 0 saturated heterocycles. The van der Waals surface area contributed by atoms with Crippen molar-refractivity contribution in [3.63, 3.8) is 0 Å². The molecule has 10 atom stereocenters. The highest BCUT2D eigenvalue weighted by atomic mass is 16.5. The number of esters is 1. The smallest absolute Gasteiger partial charge is 0.336 e. The van der Waals surface area contributed by atoms with Crippen molar-refractivity contribution >= 4 is 11.8 Å². The molecule has 188 valence electrons. The molecule has 0 aromatic rings. The summed E-state index contributed by atoms with van der Waals surface area (Å²) < 4.78 is 5.82. The van der Waals surface area contributed by atoms with Crippen molar-refractivity contribution < 1.29 is 29.6 Å². The van der Waals surface area contributed by atoms with Crippen LogP contribution in [0, 0.1) is 40.4 Å². The summed E-state index contributed by atoms with van der Waals surface area (Å²) in [5, 5.41) is 31.7.